The van der Waals surface area contributed by atoms with Gasteiger partial charge < -0.3 is 10.1 Å². The summed E-state index contributed by atoms with van der Waals surface area (Å²) < 4.78 is 5.05. The van der Waals surface area contributed by atoms with Gasteiger partial charge in [0.25, 0.3) is 11.8 Å². The number of rotatable bonds is 6. The lowest BCUT2D eigenvalue weighted by Crippen LogP contribution is -2.35. The smallest absolute Gasteiger partial charge is 0.278 e. The van der Waals surface area contributed by atoms with Gasteiger partial charge in [0.15, 0.2) is 0 Å². The molecule has 1 aliphatic rings. The summed E-state index contributed by atoms with van der Waals surface area (Å²) in [4.78, 5) is 27.2. The van der Waals surface area contributed by atoms with Gasteiger partial charge in [0, 0.05) is 12.8 Å². The van der Waals surface area contributed by atoms with Crippen LogP contribution >= 0.6 is 0 Å². The zero-order chi connectivity index (χ0) is 19.6. The van der Waals surface area contributed by atoms with Crippen LogP contribution in [-0.2, 0) is 14.3 Å². The van der Waals surface area contributed by atoms with E-state index in [-0.39, 0.29) is 18.4 Å². The molecular weight excluding hydrogens is 340 g/mol. The number of carbonyl (C=O) groups excluding carboxylic acids is 2. The summed E-state index contributed by atoms with van der Waals surface area (Å²) in [5, 5.41) is 3.19. The zero-order valence-corrected chi connectivity index (χ0v) is 16.1. The molecule has 0 spiro atoms. The van der Waals surface area contributed by atoms with Crippen molar-refractivity contribution in [2.75, 3.05) is 25.6 Å². The summed E-state index contributed by atoms with van der Waals surface area (Å²) in [7, 11) is 1.55. The number of hydrogen-bond donors (Lipinski definition) is 1. The van der Waals surface area contributed by atoms with Crippen LogP contribution < -0.4 is 5.32 Å². The molecule has 2 amide bonds. The first-order chi connectivity index (χ1) is 12.9. The average molecular weight is 364 g/mol. The standard InChI is InChI=1S/C22H24N2O3/c1-14-5-8-17(9-6-14)19-20(22(26)24(21(19)25)11-12-27-4)23-18-10-7-15(2)16(3)13-18/h5-10,13,23H,11-12H2,1-4H3. The lowest BCUT2D eigenvalue weighted by atomic mass is 10.0. The Kier molecular flexibility index (Phi) is 5.42. The molecule has 1 heterocycles. The van der Waals surface area contributed by atoms with E-state index in [0.29, 0.717) is 17.9 Å². The minimum Gasteiger partial charge on any atom is -0.383 e. The first-order valence-electron chi connectivity index (χ1n) is 8.93. The SMILES string of the molecule is COCCN1C(=O)C(Nc2ccc(C)c(C)c2)=C(c2ccc(C)cc2)C1=O. The first kappa shape index (κ1) is 18.9. The van der Waals surface area contributed by atoms with E-state index in [1.165, 1.54) is 10.5 Å². The third-order valence-electron chi connectivity index (χ3n) is 4.80. The van der Waals surface area contributed by atoms with E-state index in [2.05, 4.69) is 5.32 Å². The lowest BCUT2D eigenvalue weighted by Gasteiger charge is -2.14. The highest BCUT2D eigenvalue weighted by molar-refractivity contribution is 6.36. The van der Waals surface area contributed by atoms with Crippen LogP contribution in [0.5, 0.6) is 0 Å². The summed E-state index contributed by atoms with van der Waals surface area (Å²) in [6.07, 6.45) is 0. The maximum absolute atomic E-state index is 13.0. The van der Waals surface area contributed by atoms with Gasteiger partial charge in [-0.3, -0.25) is 14.5 Å². The fraction of sp³-hybridized carbons (Fsp3) is 0.273. The predicted molar refractivity (Wildman–Crippen MR) is 106 cm³/mol. The van der Waals surface area contributed by atoms with E-state index >= 15 is 0 Å². The Morgan fingerprint density at radius 3 is 2.26 bits per heavy atom. The van der Waals surface area contributed by atoms with Gasteiger partial charge in [-0.2, -0.15) is 0 Å². The molecule has 2 aromatic rings. The number of imide groups is 1. The molecule has 1 N–H and O–H groups in total. The summed E-state index contributed by atoms with van der Waals surface area (Å²) in [6.45, 7) is 6.56. The van der Waals surface area contributed by atoms with E-state index in [9.17, 15) is 9.59 Å². The van der Waals surface area contributed by atoms with E-state index in [1.807, 2.05) is 63.2 Å². The Morgan fingerprint density at radius 2 is 1.63 bits per heavy atom. The van der Waals surface area contributed by atoms with Gasteiger partial charge in [-0.1, -0.05) is 35.9 Å². The summed E-state index contributed by atoms with van der Waals surface area (Å²) in [5.41, 5.74) is 5.60. The Labute approximate surface area is 159 Å². The van der Waals surface area contributed by atoms with Crippen molar-refractivity contribution < 1.29 is 14.3 Å². The number of nitrogens with one attached hydrogen (secondary N) is 1. The van der Waals surface area contributed by atoms with Crippen LogP contribution in [0.3, 0.4) is 0 Å². The van der Waals surface area contributed by atoms with Crippen molar-refractivity contribution in [3.63, 3.8) is 0 Å². The molecule has 0 saturated heterocycles. The highest BCUT2D eigenvalue weighted by atomic mass is 16.5. The Balaban J connectivity index is 2.04. The molecule has 0 unspecified atom stereocenters. The second-order valence-corrected chi connectivity index (χ2v) is 6.79. The molecule has 5 heteroatoms. The second kappa shape index (κ2) is 7.76. The quantitative estimate of drug-likeness (QED) is 0.798. The van der Waals surface area contributed by atoms with Crippen LogP contribution in [0.1, 0.15) is 22.3 Å². The molecule has 1 aliphatic heterocycles. The van der Waals surface area contributed by atoms with Crippen LogP contribution in [0, 0.1) is 20.8 Å². The van der Waals surface area contributed by atoms with Crippen LogP contribution in [0.4, 0.5) is 5.69 Å². The van der Waals surface area contributed by atoms with E-state index in [0.717, 1.165) is 22.4 Å². The number of methoxy groups -OCH3 is 1. The summed E-state index contributed by atoms with van der Waals surface area (Å²) in [5.74, 6) is -0.627. The first-order valence-corrected chi connectivity index (χ1v) is 8.93. The molecule has 27 heavy (non-hydrogen) atoms. The number of anilines is 1. The Bertz CT molecular complexity index is 914. The fourth-order valence-corrected chi connectivity index (χ4v) is 3.03. The number of carbonyl (C=O) groups is 2. The molecule has 3 rings (SSSR count). The van der Waals surface area contributed by atoms with Crippen molar-refractivity contribution >= 4 is 23.1 Å². The molecule has 140 valence electrons. The summed E-state index contributed by atoms with van der Waals surface area (Å²) in [6, 6.07) is 13.5. The van der Waals surface area contributed by atoms with Crippen molar-refractivity contribution in [2.24, 2.45) is 0 Å². The number of amides is 2. The highest BCUT2D eigenvalue weighted by Gasteiger charge is 2.38. The van der Waals surface area contributed by atoms with E-state index in [1.54, 1.807) is 7.11 Å². The molecule has 0 aromatic heterocycles. The van der Waals surface area contributed by atoms with Gasteiger partial charge >= 0.3 is 0 Å². The van der Waals surface area contributed by atoms with Crippen LogP contribution in [-0.4, -0.2) is 37.0 Å². The Morgan fingerprint density at radius 1 is 0.926 bits per heavy atom. The Hall–Kier alpha value is -2.92. The highest BCUT2D eigenvalue weighted by Crippen LogP contribution is 2.31. The number of ether oxygens (including phenoxy) is 1. The van der Waals surface area contributed by atoms with E-state index in [4.69, 9.17) is 4.74 Å². The molecular formula is C22H24N2O3. The molecule has 0 fully saturated rings. The second-order valence-electron chi connectivity index (χ2n) is 6.79. The van der Waals surface area contributed by atoms with Gasteiger partial charge in [0.2, 0.25) is 0 Å². The molecule has 0 bridgehead atoms. The normalized spacial score (nSPS) is 14.3. The fourth-order valence-electron chi connectivity index (χ4n) is 3.03. The molecule has 5 nitrogen and oxygen atoms in total. The van der Waals surface area contributed by atoms with Crippen LogP contribution in [0.15, 0.2) is 48.2 Å². The topological polar surface area (TPSA) is 58.6 Å². The molecule has 2 aromatic carbocycles. The van der Waals surface area contributed by atoms with Gasteiger partial charge in [0.05, 0.1) is 18.7 Å². The lowest BCUT2D eigenvalue weighted by molar-refractivity contribution is -0.137. The molecule has 0 aliphatic carbocycles. The van der Waals surface area contributed by atoms with Crippen LogP contribution in [0.2, 0.25) is 0 Å². The van der Waals surface area contributed by atoms with Gasteiger partial charge in [0.1, 0.15) is 5.70 Å². The number of benzene rings is 2. The van der Waals surface area contributed by atoms with Crippen molar-refractivity contribution in [1.82, 2.24) is 4.90 Å². The largest absolute Gasteiger partial charge is 0.383 e. The number of aryl methyl sites for hydroxylation is 3. The third kappa shape index (κ3) is 3.78. The van der Waals surface area contributed by atoms with Gasteiger partial charge in [-0.25, -0.2) is 0 Å². The molecule has 0 atom stereocenters. The number of nitrogens with zero attached hydrogens (tertiary/aromatic N) is 1. The predicted octanol–water partition coefficient (Wildman–Crippen LogP) is 3.45. The van der Waals surface area contributed by atoms with Crippen molar-refractivity contribution in [3.8, 4) is 0 Å². The minimum absolute atomic E-state index is 0.224. The monoisotopic (exact) mass is 364 g/mol. The third-order valence-corrected chi connectivity index (χ3v) is 4.80. The molecule has 0 radical (unpaired) electrons. The van der Waals surface area contributed by atoms with Crippen molar-refractivity contribution in [1.29, 1.82) is 0 Å². The maximum atomic E-state index is 13.0. The van der Waals surface area contributed by atoms with Gasteiger partial charge in [-0.15, -0.1) is 0 Å². The number of hydrogen-bond acceptors (Lipinski definition) is 4. The van der Waals surface area contributed by atoms with E-state index < -0.39 is 0 Å². The van der Waals surface area contributed by atoms with Gasteiger partial charge in [-0.05, 0) is 49.6 Å². The maximum Gasteiger partial charge on any atom is 0.278 e. The van der Waals surface area contributed by atoms with Crippen molar-refractivity contribution in [2.45, 2.75) is 20.8 Å². The average Bonchev–Trinajstić information content (AvgIpc) is 2.87. The van der Waals surface area contributed by atoms with Crippen molar-refractivity contribution in [3.05, 3.63) is 70.4 Å². The summed E-state index contributed by atoms with van der Waals surface area (Å²) >= 11 is 0. The van der Waals surface area contributed by atoms with Crippen LogP contribution in [0.25, 0.3) is 5.57 Å². The zero-order valence-electron chi connectivity index (χ0n) is 16.1. The molecule has 0 saturated carbocycles. The minimum atomic E-state index is -0.328.